The number of aromatic nitrogens is 3. The Balaban J connectivity index is 2.29. The molecule has 0 atom stereocenters. The molecule has 5 heteroatoms. The second-order valence-corrected chi connectivity index (χ2v) is 5.41. The molecule has 0 aliphatic rings. The van der Waals surface area contributed by atoms with Crippen LogP contribution in [0.15, 0.2) is 36.7 Å². The van der Waals surface area contributed by atoms with E-state index in [0.29, 0.717) is 10.7 Å². The fourth-order valence-corrected chi connectivity index (χ4v) is 2.48. The minimum Gasteiger partial charge on any atom is -0.398 e. The minimum absolute atomic E-state index is 0.286. The number of hydrogen-bond acceptors (Lipinski definition) is 3. The van der Waals surface area contributed by atoms with Gasteiger partial charge < -0.3 is 10.3 Å². The molecule has 2 heterocycles. The Hall–Kier alpha value is -2.07. The molecule has 20 heavy (non-hydrogen) atoms. The smallest absolute Gasteiger partial charge is 0.141 e. The Bertz CT molecular complexity index is 777. The summed E-state index contributed by atoms with van der Waals surface area (Å²) in [5, 5.41) is 0.558. The molecule has 0 spiro atoms. The van der Waals surface area contributed by atoms with Crippen molar-refractivity contribution in [2.75, 3.05) is 5.73 Å². The van der Waals surface area contributed by atoms with Gasteiger partial charge in [-0.25, -0.2) is 4.98 Å². The maximum absolute atomic E-state index is 5.99. The van der Waals surface area contributed by atoms with Crippen LogP contribution in [0.2, 0.25) is 5.02 Å². The zero-order valence-electron chi connectivity index (χ0n) is 11.3. The molecule has 2 aromatic heterocycles. The Morgan fingerprint density at radius 2 is 2.05 bits per heavy atom. The third-order valence-electron chi connectivity index (χ3n) is 3.26. The molecule has 3 rings (SSSR count). The van der Waals surface area contributed by atoms with Gasteiger partial charge in [0, 0.05) is 17.8 Å². The highest BCUT2D eigenvalue weighted by atomic mass is 35.5. The van der Waals surface area contributed by atoms with Gasteiger partial charge in [0.05, 0.1) is 22.4 Å². The van der Waals surface area contributed by atoms with Crippen molar-refractivity contribution in [1.29, 1.82) is 0 Å². The molecule has 3 aromatic rings. The number of imidazole rings is 1. The summed E-state index contributed by atoms with van der Waals surface area (Å²) in [6, 6.07) is 7.86. The Kier molecular flexibility index (Phi) is 3.10. The Morgan fingerprint density at radius 1 is 1.25 bits per heavy atom. The van der Waals surface area contributed by atoms with E-state index in [0.717, 1.165) is 22.4 Å². The van der Waals surface area contributed by atoms with Crippen LogP contribution in [0.1, 0.15) is 19.9 Å². The van der Waals surface area contributed by atoms with Gasteiger partial charge in [-0.3, -0.25) is 4.98 Å². The SMILES string of the molecule is CC(C)n1c(-c2ccc(Cl)c(N)c2)nc2cnccc21. The lowest BCUT2D eigenvalue weighted by molar-refractivity contribution is 0.624. The Morgan fingerprint density at radius 3 is 2.75 bits per heavy atom. The van der Waals surface area contributed by atoms with Gasteiger partial charge in [0.25, 0.3) is 0 Å². The van der Waals surface area contributed by atoms with E-state index in [-0.39, 0.29) is 6.04 Å². The van der Waals surface area contributed by atoms with Gasteiger partial charge in [-0.2, -0.15) is 0 Å². The number of fused-ring (bicyclic) bond motifs is 1. The minimum atomic E-state index is 0.286. The molecule has 0 radical (unpaired) electrons. The fraction of sp³-hybridized carbons (Fsp3) is 0.200. The zero-order chi connectivity index (χ0) is 14.3. The maximum atomic E-state index is 5.99. The number of rotatable bonds is 2. The highest BCUT2D eigenvalue weighted by molar-refractivity contribution is 6.33. The molecule has 4 nitrogen and oxygen atoms in total. The van der Waals surface area contributed by atoms with Crippen molar-refractivity contribution in [3.8, 4) is 11.4 Å². The standard InChI is InChI=1S/C15H15ClN4/c1-9(2)20-14-5-6-18-8-13(14)19-15(20)10-3-4-11(16)12(17)7-10/h3-9H,17H2,1-2H3. The fourth-order valence-electron chi connectivity index (χ4n) is 2.36. The molecule has 0 saturated carbocycles. The monoisotopic (exact) mass is 286 g/mol. The summed E-state index contributed by atoms with van der Waals surface area (Å²) in [6.45, 7) is 4.26. The predicted molar refractivity (Wildman–Crippen MR) is 82.8 cm³/mol. The van der Waals surface area contributed by atoms with Gasteiger partial charge >= 0.3 is 0 Å². The summed E-state index contributed by atoms with van der Waals surface area (Å²) < 4.78 is 2.18. The van der Waals surface area contributed by atoms with E-state index in [1.165, 1.54) is 0 Å². The summed E-state index contributed by atoms with van der Waals surface area (Å²) in [5.41, 5.74) is 9.36. The lowest BCUT2D eigenvalue weighted by Crippen LogP contribution is -2.03. The third-order valence-corrected chi connectivity index (χ3v) is 3.61. The molecule has 2 N–H and O–H groups in total. The average Bonchev–Trinajstić information content (AvgIpc) is 2.81. The average molecular weight is 287 g/mol. The van der Waals surface area contributed by atoms with Gasteiger partial charge in [-0.15, -0.1) is 0 Å². The van der Waals surface area contributed by atoms with Crippen LogP contribution in [0.5, 0.6) is 0 Å². The molecular weight excluding hydrogens is 272 g/mol. The summed E-state index contributed by atoms with van der Waals surface area (Å²) in [7, 11) is 0. The van der Waals surface area contributed by atoms with Gasteiger partial charge in [-0.05, 0) is 38.1 Å². The zero-order valence-corrected chi connectivity index (χ0v) is 12.1. The molecule has 0 aliphatic carbocycles. The van der Waals surface area contributed by atoms with E-state index in [4.69, 9.17) is 17.3 Å². The maximum Gasteiger partial charge on any atom is 0.141 e. The molecule has 0 fully saturated rings. The van der Waals surface area contributed by atoms with Crippen LogP contribution < -0.4 is 5.73 Å². The van der Waals surface area contributed by atoms with Crippen molar-refractivity contribution >= 4 is 28.3 Å². The number of nitrogens with zero attached hydrogens (tertiary/aromatic N) is 3. The highest BCUT2D eigenvalue weighted by Crippen LogP contribution is 2.30. The second-order valence-electron chi connectivity index (χ2n) is 5.00. The van der Waals surface area contributed by atoms with Crippen molar-refractivity contribution in [2.45, 2.75) is 19.9 Å². The van der Waals surface area contributed by atoms with Gasteiger partial charge in [0.15, 0.2) is 0 Å². The molecule has 0 saturated heterocycles. The van der Waals surface area contributed by atoms with Crippen molar-refractivity contribution in [2.24, 2.45) is 0 Å². The molecule has 0 aliphatic heterocycles. The molecule has 0 bridgehead atoms. The lowest BCUT2D eigenvalue weighted by atomic mass is 10.2. The number of nitrogens with two attached hydrogens (primary N) is 1. The van der Waals surface area contributed by atoms with E-state index in [1.807, 2.05) is 18.2 Å². The highest BCUT2D eigenvalue weighted by Gasteiger charge is 2.15. The molecule has 102 valence electrons. The van der Waals surface area contributed by atoms with E-state index in [1.54, 1.807) is 18.5 Å². The van der Waals surface area contributed by atoms with Crippen LogP contribution in [0, 0.1) is 0 Å². The van der Waals surface area contributed by atoms with E-state index < -0.39 is 0 Å². The van der Waals surface area contributed by atoms with Crippen LogP contribution in [-0.4, -0.2) is 14.5 Å². The van der Waals surface area contributed by atoms with E-state index in [2.05, 4.69) is 28.4 Å². The summed E-state index contributed by atoms with van der Waals surface area (Å²) in [6.07, 6.45) is 3.56. The number of halogens is 1. The van der Waals surface area contributed by atoms with Crippen molar-refractivity contribution in [1.82, 2.24) is 14.5 Å². The first kappa shape index (κ1) is 12.9. The van der Waals surface area contributed by atoms with Crippen LogP contribution >= 0.6 is 11.6 Å². The summed E-state index contributed by atoms with van der Waals surface area (Å²) in [5.74, 6) is 0.881. The van der Waals surface area contributed by atoms with E-state index in [9.17, 15) is 0 Å². The molecule has 0 amide bonds. The van der Waals surface area contributed by atoms with Crippen molar-refractivity contribution in [3.63, 3.8) is 0 Å². The lowest BCUT2D eigenvalue weighted by Gasteiger charge is -2.13. The van der Waals surface area contributed by atoms with E-state index >= 15 is 0 Å². The Labute approximate surface area is 122 Å². The summed E-state index contributed by atoms with van der Waals surface area (Å²) >= 11 is 5.99. The number of pyridine rings is 1. The molecule has 0 unspecified atom stereocenters. The van der Waals surface area contributed by atoms with Gasteiger partial charge in [0.1, 0.15) is 11.3 Å². The van der Waals surface area contributed by atoms with Crippen molar-refractivity contribution in [3.05, 3.63) is 41.7 Å². The number of anilines is 1. The normalized spacial score (nSPS) is 11.4. The van der Waals surface area contributed by atoms with Gasteiger partial charge in [-0.1, -0.05) is 11.6 Å². The van der Waals surface area contributed by atoms with Crippen LogP contribution in [0.3, 0.4) is 0 Å². The summed E-state index contributed by atoms with van der Waals surface area (Å²) in [4.78, 5) is 8.81. The quantitative estimate of drug-likeness (QED) is 0.727. The first-order valence-electron chi connectivity index (χ1n) is 6.45. The van der Waals surface area contributed by atoms with Crippen LogP contribution in [-0.2, 0) is 0 Å². The number of hydrogen-bond donors (Lipinski definition) is 1. The van der Waals surface area contributed by atoms with Gasteiger partial charge in [0.2, 0.25) is 0 Å². The molecule has 1 aromatic carbocycles. The second kappa shape index (κ2) is 4.80. The predicted octanol–water partition coefficient (Wildman–Crippen LogP) is 3.91. The molecular formula is C15H15ClN4. The first-order valence-corrected chi connectivity index (χ1v) is 6.83. The topological polar surface area (TPSA) is 56.7 Å². The van der Waals surface area contributed by atoms with Crippen LogP contribution in [0.25, 0.3) is 22.4 Å². The van der Waals surface area contributed by atoms with Crippen molar-refractivity contribution < 1.29 is 0 Å². The van der Waals surface area contributed by atoms with Crippen LogP contribution in [0.4, 0.5) is 5.69 Å². The number of benzene rings is 1. The first-order chi connectivity index (χ1) is 9.58. The largest absolute Gasteiger partial charge is 0.398 e. The third kappa shape index (κ3) is 2.02. The number of nitrogen functional groups attached to an aromatic ring is 1.